The molecule has 1 saturated heterocycles. The third-order valence-electron chi connectivity index (χ3n) is 5.29. The van der Waals surface area contributed by atoms with Gasteiger partial charge in [-0.1, -0.05) is 49.4 Å². The average molecular weight is 395 g/mol. The second-order valence-electron chi connectivity index (χ2n) is 7.51. The van der Waals surface area contributed by atoms with E-state index in [4.69, 9.17) is 0 Å². The van der Waals surface area contributed by atoms with E-state index in [9.17, 15) is 9.59 Å². The van der Waals surface area contributed by atoms with E-state index in [1.807, 2.05) is 49.4 Å². The van der Waals surface area contributed by atoms with Gasteiger partial charge in [-0.25, -0.2) is 4.79 Å². The Balaban J connectivity index is 1.45. The minimum Gasteiger partial charge on any atom is -0.353 e. The van der Waals surface area contributed by atoms with Gasteiger partial charge in [-0.15, -0.1) is 0 Å². The predicted molar refractivity (Wildman–Crippen MR) is 117 cm³/mol. The van der Waals surface area contributed by atoms with Crippen molar-refractivity contribution in [2.75, 3.05) is 38.0 Å². The van der Waals surface area contributed by atoms with Crippen LogP contribution >= 0.6 is 0 Å². The number of urea groups is 1. The summed E-state index contributed by atoms with van der Waals surface area (Å²) < 4.78 is 0. The molecule has 1 aliphatic heterocycles. The summed E-state index contributed by atoms with van der Waals surface area (Å²) in [4.78, 5) is 28.5. The number of piperazine rings is 1. The van der Waals surface area contributed by atoms with Gasteiger partial charge in [-0.2, -0.15) is 0 Å². The third kappa shape index (κ3) is 6.06. The Hall–Kier alpha value is -2.86. The number of hydrogen-bond acceptors (Lipinski definition) is 3. The maximum absolute atomic E-state index is 12.6. The Kier molecular flexibility index (Phi) is 7.25. The van der Waals surface area contributed by atoms with Crippen LogP contribution in [0.4, 0.5) is 10.5 Å². The van der Waals surface area contributed by atoms with Crippen molar-refractivity contribution in [2.24, 2.45) is 0 Å². The van der Waals surface area contributed by atoms with Crippen molar-refractivity contribution >= 4 is 17.6 Å². The van der Waals surface area contributed by atoms with Crippen LogP contribution in [-0.4, -0.2) is 60.5 Å². The molecule has 29 heavy (non-hydrogen) atoms. The van der Waals surface area contributed by atoms with Crippen molar-refractivity contribution in [3.8, 4) is 11.1 Å². The minimum absolute atomic E-state index is 0.0516. The summed E-state index contributed by atoms with van der Waals surface area (Å²) in [6.45, 7) is 7.09. The first-order valence-corrected chi connectivity index (χ1v) is 10.3. The molecule has 1 fully saturated rings. The summed E-state index contributed by atoms with van der Waals surface area (Å²) in [6, 6.07) is 18.1. The minimum atomic E-state index is -0.0961. The van der Waals surface area contributed by atoms with Crippen LogP contribution in [0, 0.1) is 0 Å². The van der Waals surface area contributed by atoms with Gasteiger partial charge in [0.05, 0.1) is 6.54 Å². The zero-order valence-corrected chi connectivity index (χ0v) is 17.2. The fourth-order valence-electron chi connectivity index (χ4n) is 3.31. The molecule has 0 bridgehead atoms. The number of amides is 3. The lowest BCUT2D eigenvalue weighted by atomic mass is 10.1. The highest BCUT2D eigenvalue weighted by atomic mass is 16.2. The summed E-state index contributed by atoms with van der Waals surface area (Å²) >= 11 is 0. The maximum Gasteiger partial charge on any atom is 0.321 e. The third-order valence-corrected chi connectivity index (χ3v) is 5.29. The second kappa shape index (κ2) is 10.1. The number of nitrogens with zero attached hydrogens (tertiary/aromatic N) is 2. The van der Waals surface area contributed by atoms with E-state index in [1.165, 1.54) is 0 Å². The lowest BCUT2D eigenvalue weighted by Gasteiger charge is -2.34. The Bertz CT molecular complexity index is 799. The van der Waals surface area contributed by atoms with Crippen molar-refractivity contribution in [3.63, 3.8) is 0 Å². The molecule has 0 spiro atoms. The van der Waals surface area contributed by atoms with Crippen molar-refractivity contribution in [1.29, 1.82) is 0 Å². The normalized spacial score (nSPS) is 15.6. The Morgan fingerprint density at radius 1 is 0.931 bits per heavy atom. The Morgan fingerprint density at radius 3 is 2.17 bits per heavy atom. The predicted octanol–water partition coefficient (Wildman–Crippen LogP) is 3.42. The van der Waals surface area contributed by atoms with Gasteiger partial charge in [-0.05, 0) is 36.6 Å². The Labute approximate surface area is 172 Å². The summed E-state index contributed by atoms with van der Waals surface area (Å²) in [6.07, 6.45) is 0.923. The first-order valence-electron chi connectivity index (χ1n) is 10.3. The SMILES string of the molecule is CCC(C)NC(=O)CN1CCN(C(=O)Nc2ccc(-c3ccccc3)cc2)CC1. The molecule has 1 atom stereocenters. The highest BCUT2D eigenvalue weighted by Crippen LogP contribution is 2.21. The molecular weight excluding hydrogens is 364 g/mol. The van der Waals surface area contributed by atoms with E-state index >= 15 is 0 Å². The van der Waals surface area contributed by atoms with Crippen LogP contribution in [0.15, 0.2) is 54.6 Å². The molecule has 3 rings (SSSR count). The Morgan fingerprint density at radius 2 is 1.55 bits per heavy atom. The zero-order chi connectivity index (χ0) is 20.6. The molecule has 2 aromatic carbocycles. The van der Waals surface area contributed by atoms with E-state index in [-0.39, 0.29) is 18.0 Å². The fraction of sp³-hybridized carbons (Fsp3) is 0.391. The van der Waals surface area contributed by atoms with Crippen LogP contribution in [-0.2, 0) is 4.79 Å². The molecule has 1 heterocycles. The van der Waals surface area contributed by atoms with E-state index in [1.54, 1.807) is 4.90 Å². The van der Waals surface area contributed by atoms with Crippen molar-refractivity contribution < 1.29 is 9.59 Å². The zero-order valence-electron chi connectivity index (χ0n) is 17.2. The number of hydrogen-bond donors (Lipinski definition) is 2. The summed E-state index contributed by atoms with van der Waals surface area (Å²) in [5.41, 5.74) is 3.05. The smallest absolute Gasteiger partial charge is 0.321 e. The van der Waals surface area contributed by atoms with Crippen LogP contribution in [0.2, 0.25) is 0 Å². The van der Waals surface area contributed by atoms with Crippen molar-refractivity contribution in [3.05, 3.63) is 54.6 Å². The molecule has 6 heteroatoms. The van der Waals surface area contributed by atoms with Gasteiger partial charge in [0, 0.05) is 37.9 Å². The number of benzene rings is 2. The molecule has 0 aliphatic carbocycles. The first-order chi connectivity index (χ1) is 14.0. The monoisotopic (exact) mass is 394 g/mol. The molecule has 3 amide bonds. The molecule has 154 valence electrons. The van der Waals surface area contributed by atoms with Gasteiger partial charge in [0.1, 0.15) is 0 Å². The first kappa shape index (κ1) is 20.9. The molecule has 6 nitrogen and oxygen atoms in total. The van der Waals surface area contributed by atoms with E-state index in [2.05, 4.69) is 34.6 Å². The molecule has 2 aromatic rings. The van der Waals surface area contributed by atoms with Gasteiger partial charge in [0.25, 0.3) is 0 Å². The number of anilines is 1. The lowest BCUT2D eigenvalue weighted by molar-refractivity contribution is -0.123. The van der Waals surface area contributed by atoms with Crippen LogP contribution in [0.5, 0.6) is 0 Å². The van der Waals surface area contributed by atoms with Crippen molar-refractivity contribution in [2.45, 2.75) is 26.3 Å². The summed E-state index contributed by atoms with van der Waals surface area (Å²) in [5.74, 6) is 0.0516. The fourth-order valence-corrected chi connectivity index (χ4v) is 3.31. The van der Waals surface area contributed by atoms with Gasteiger partial charge in [0.15, 0.2) is 0 Å². The molecule has 2 N–H and O–H groups in total. The largest absolute Gasteiger partial charge is 0.353 e. The average Bonchev–Trinajstić information content (AvgIpc) is 2.75. The molecule has 0 radical (unpaired) electrons. The molecule has 1 unspecified atom stereocenters. The topological polar surface area (TPSA) is 64.7 Å². The van der Waals surface area contributed by atoms with Crippen LogP contribution in [0.25, 0.3) is 11.1 Å². The highest BCUT2D eigenvalue weighted by molar-refractivity contribution is 5.89. The van der Waals surface area contributed by atoms with E-state index < -0.39 is 0 Å². The molecule has 0 saturated carbocycles. The summed E-state index contributed by atoms with van der Waals surface area (Å²) in [7, 11) is 0. The van der Waals surface area contributed by atoms with E-state index in [0.29, 0.717) is 32.7 Å². The van der Waals surface area contributed by atoms with Crippen LogP contribution in [0.3, 0.4) is 0 Å². The van der Waals surface area contributed by atoms with Gasteiger partial charge < -0.3 is 15.5 Å². The molecular formula is C23H30N4O2. The second-order valence-corrected chi connectivity index (χ2v) is 7.51. The quantitative estimate of drug-likeness (QED) is 0.789. The summed E-state index contributed by atoms with van der Waals surface area (Å²) in [5, 5.41) is 5.96. The number of carbonyl (C=O) groups is 2. The van der Waals surface area contributed by atoms with Crippen LogP contribution < -0.4 is 10.6 Å². The van der Waals surface area contributed by atoms with E-state index in [0.717, 1.165) is 23.2 Å². The molecule has 0 aromatic heterocycles. The van der Waals surface area contributed by atoms with Gasteiger partial charge >= 0.3 is 6.03 Å². The lowest BCUT2D eigenvalue weighted by Crippen LogP contribution is -2.52. The maximum atomic E-state index is 12.6. The van der Waals surface area contributed by atoms with Crippen LogP contribution in [0.1, 0.15) is 20.3 Å². The van der Waals surface area contributed by atoms with Crippen molar-refractivity contribution in [1.82, 2.24) is 15.1 Å². The molecule has 1 aliphatic rings. The number of carbonyl (C=O) groups excluding carboxylic acids is 2. The highest BCUT2D eigenvalue weighted by Gasteiger charge is 2.22. The standard InChI is InChI=1S/C23H30N4O2/c1-3-18(2)24-22(28)17-26-13-15-27(16-14-26)23(29)25-21-11-9-20(10-12-21)19-7-5-4-6-8-19/h4-12,18H,3,13-17H2,1-2H3,(H,24,28)(H,25,29). The number of rotatable bonds is 6. The van der Waals surface area contributed by atoms with Gasteiger partial charge in [0.2, 0.25) is 5.91 Å². The number of nitrogens with one attached hydrogen (secondary N) is 2. The van der Waals surface area contributed by atoms with Gasteiger partial charge in [-0.3, -0.25) is 9.69 Å².